The molecule has 0 radical (unpaired) electrons. The van der Waals surface area contributed by atoms with E-state index in [-0.39, 0.29) is 11.1 Å². The second-order valence-corrected chi connectivity index (χ2v) is 4.10. The summed E-state index contributed by atoms with van der Waals surface area (Å²) in [4.78, 5) is 0.114. The summed E-state index contributed by atoms with van der Waals surface area (Å²) in [6.45, 7) is 1.93. The van der Waals surface area contributed by atoms with Crippen molar-refractivity contribution in [1.82, 2.24) is 6.15 Å². The molecule has 12 heavy (non-hydrogen) atoms. The van der Waals surface area contributed by atoms with Gasteiger partial charge in [0, 0.05) is 0 Å². The minimum Gasteiger partial charge on any atom is -0.344 e. The zero-order chi connectivity index (χ0) is 8.48. The molecule has 1 aliphatic carbocycles. The minimum atomic E-state index is -3.93. The molecule has 5 heteroatoms. The molecule has 0 saturated carbocycles. The van der Waals surface area contributed by atoms with Gasteiger partial charge in [0.05, 0.1) is 4.91 Å². The fourth-order valence-corrected chi connectivity index (χ4v) is 1.54. The third-order valence-corrected chi connectivity index (χ3v) is 2.65. The Morgan fingerprint density at radius 2 is 1.92 bits per heavy atom. The van der Waals surface area contributed by atoms with Crippen LogP contribution in [-0.4, -0.2) is 13.0 Å². The third-order valence-electron chi connectivity index (χ3n) is 1.65. The maximum Gasteiger partial charge on any atom is 0.290 e. The van der Waals surface area contributed by atoms with E-state index in [1.54, 1.807) is 6.08 Å². The topological polar surface area (TPSA) is 89.4 Å². The predicted octanol–water partition coefficient (Wildman–Crippen LogP) is 1.66. The van der Waals surface area contributed by atoms with Crippen molar-refractivity contribution in [2.24, 2.45) is 0 Å². The first kappa shape index (κ1) is 11.4. The maximum atomic E-state index is 10.6. The Morgan fingerprint density at radius 1 is 1.33 bits per heavy atom. The first-order valence-electron chi connectivity index (χ1n) is 3.34. The van der Waals surface area contributed by atoms with Crippen LogP contribution in [0.4, 0.5) is 0 Å². The molecular weight excluding hydrogens is 178 g/mol. The molecule has 0 aliphatic heterocycles. The van der Waals surface area contributed by atoms with Crippen molar-refractivity contribution in [3.63, 3.8) is 0 Å². The van der Waals surface area contributed by atoms with Gasteiger partial charge in [0.15, 0.2) is 0 Å². The predicted molar refractivity (Wildman–Crippen MR) is 47.6 cm³/mol. The average Bonchev–Trinajstić information content (AvgIpc) is 1.86. The summed E-state index contributed by atoms with van der Waals surface area (Å²) in [5, 5.41) is 0. The first-order chi connectivity index (χ1) is 5.00. The highest BCUT2D eigenvalue weighted by atomic mass is 32.2. The summed E-state index contributed by atoms with van der Waals surface area (Å²) in [6.07, 6.45) is 4.30. The van der Waals surface area contributed by atoms with E-state index in [1.807, 2.05) is 6.92 Å². The molecule has 0 aromatic heterocycles. The second-order valence-electron chi connectivity index (χ2n) is 2.62. The van der Waals surface area contributed by atoms with E-state index < -0.39 is 10.1 Å². The summed E-state index contributed by atoms with van der Waals surface area (Å²) in [5.74, 6) is 0. The standard InChI is InChI=1S/C7H10O3S.H3N/c1-6-2-4-7(5-3-6)11(8,9)10;/h2,4H,3,5H2,1H3,(H,8,9,10);1H3. The largest absolute Gasteiger partial charge is 0.344 e. The van der Waals surface area contributed by atoms with Crippen LogP contribution in [0.5, 0.6) is 0 Å². The van der Waals surface area contributed by atoms with Gasteiger partial charge in [-0.05, 0) is 25.8 Å². The van der Waals surface area contributed by atoms with Crippen molar-refractivity contribution in [2.75, 3.05) is 0 Å². The zero-order valence-corrected chi connectivity index (χ0v) is 7.76. The van der Waals surface area contributed by atoms with E-state index in [9.17, 15) is 8.42 Å². The van der Waals surface area contributed by atoms with Gasteiger partial charge in [-0.2, -0.15) is 8.42 Å². The third kappa shape index (κ3) is 2.77. The number of hydrogen-bond acceptors (Lipinski definition) is 3. The molecule has 0 fully saturated rings. The van der Waals surface area contributed by atoms with Gasteiger partial charge in [-0.15, -0.1) is 0 Å². The number of hydrogen-bond donors (Lipinski definition) is 2. The zero-order valence-electron chi connectivity index (χ0n) is 6.95. The molecule has 0 atom stereocenters. The Kier molecular flexibility index (Phi) is 3.63. The molecule has 0 spiro atoms. The van der Waals surface area contributed by atoms with Crippen molar-refractivity contribution >= 4 is 10.1 Å². The highest BCUT2D eigenvalue weighted by Gasteiger charge is 2.14. The van der Waals surface area contributed by atoms with E-state index in [2.05, 4.69) is 0 Å². The molecular formula is C7H13NO3S. The van der Waals surface area contributed by atoms with Crippen LogP contribution in [0.3, 0.4) is 0 Å². The van der Waals surface area contributed by atoms with Crippen molar-refractivity contribution in [1.29, 1.82) is 0 Å². The van der Waals surface area contributed by atoms with E-state index >= 15 is 0 Å². The Labute approximate surface area is 72.3 Å². The van der Waals surface area contributed by atoms with Crippen LogP contribution in [0.15, 0.2) is 22.6 Å². The van der Waals surface area contributed by atoms with E-state index in [4.69, 9.17) is 4.55 Å². The molecule has 4 N–H and O–H groups in total. The van der Waals surface area contributed by atoms with Crippen LogP contribution in [0, 0.1) is 0 Å². The molecule has 0 aromatic rings. The van der Waals surface area contributed by atoms with Crippen LogP contribution < -0.4 is 6.15 Å². The molecule has 0 aromatic carbocycles. The Hall–Kier alpha value is -0.650. The van der Waals surface area contributed by atoms with Crippen LogP contribution in [0.1, 0.15) is 19.8 Å². The smallest absolute Gasteiger partial charge is 0.290 e. The maximum absolute atomic E-state index is 10.6. The van der Waals surface area contributed by atoms with Crippen molar-refractivity contribution < 1.29 is 13.0 Å². The average molecular weight is 191 g/mol. The molecule has 1 aliphatic rings. The molecule has 0 amide bonds. The monoisotopic (exact) mass is 191 g/mol. The Bertz CT molecular complexity index is 314. The van der Waals surface area contributed by atoms with Crippen LogP contribution in [-0.2, 0) is 10.1 Å². The highest BCUT2D eigenvalue weighted by Crippen LogP contribution is 2.20. The number of allylic oxidation sites excluding steroid dienone is 4. The Morgan fingerprint density at radius 3 is 2.25 bits per heavy atom. The summed E-state index contributed by atoms with van der Waals surface area (Å²) in [6, 6.07) is 0. The molecule has 1 rings (SSSR count). The molecule has 0 bridgehead atoms. The van der Waals surface area contributed by atoms with Gasteiger partial charge in [0.2, 0.25) is 0 Å². The van der Waals surface area contributed by atoms with Crippen LogP contribution >= 0.6 is 0 Å². The summed E-state index contributed by atoms with van der Waals surface area (Å²) in [5.41, 5.74) is 1.14. The van der Waals surface area contributed by atoms with Crippen LogP contribution in [0.2, 0.25) is 0 Å². The summed E-state index contributed by atoms with van der Waals surface area (Å²) in [7, 11) is -3.93. The fourth-order valence-electron chi connectivity index (χ4n) is 0.937. The van der Waals surface area contributed by atoms with Gasteiger partial charge < -0.3 is 6.15 Å². The summed E-state index contributed by atoms with van der Waals surface area (Å²) < 4.78 is 29.7. The second kappa shape index (κ2) is 3.84. The van der Waals surface area contributed by atoms with Crippen molar-refractivity contribution in [2.45, 2.75) is 19.8 Å². The molecule has 0 unspecified atom stereocenters. The summed E-state index contributed by atoms with van der Waals surface area (Å²) >= 11 is 0. The normalized spacial score (nSPS) is 17.5. The molecule has 0 heterocycles. The van der Waals surface area contributed by atoms with Gasteiger partial charge in [0.25, 0.3) is 10.1 Å². The van der Waals surface area contributed by atoms with Crippen LogP contribution in [0.25, 0.3) is 0 Å². The first-order valence-corrected chi connectivity index (χ1v) is 4.78. The van der Waals surface area contributed by atoms with E-state index in [0.717, 1.165) is 5.57 Å². The number of rotatable bonds is 1. The van der Waals surface area contributed by atoms with Gasteiger partial charge in [-0.1, -0.05) is 11.6 Å². The lowest BCUT2D eigenvalue weighted by Crippen LogP contribution is -2.04. The van der Waals surface area contributed by atoms with E-state index in [0.29, 0.717) is 12.8 Å². The molecule has 0 saturated heterocycles. The lowest BCUT2D eigenvalue weighted by molar-refractivity contribution is 0.488. The Balaban J connectivity index is 0.00000121. The highest BCUT2D eigenvalue weighted by molar-refractivity contribution is 7.89. The van der Waals surface area contributed by atoms with Gasteiger partial charge >= 0.3 is 0 Å². The SMILES string of the molecule is CC1=CC=C(S(=O)(=O)O)CC1.N. The lowest BCUT2D eigenvalue weighted by atomic mass is 10.1. The van der Waals surface area contributed by atoms with Crippen molar-refractivity contribution in [3.05, 3.63) is 22.6 Å². The van der Waals surface area contributed by atoms with Crippen molar-refractivity contribution in [3.8, 4) is 0 Å². The quantitative estimate of drug-likeness (QED) is 0.617. The van der Waals surface area contributed by atoms with Gasteiger partial charge in [-0.3, -0.25) is 4.55 Å². The van der Waals surface area contributed by atoms with Gasteiger partial charge in [0.1, 0.15) is 0 Å². The van der Waals surface area contributed by atoms with Gasteiger partial charge in [-0.25, -0.2) is 0 Å². The molecule has 70 valence electrons. The lowest BCUT2D eigenvalue weighted by Gasteiger charge is -2.08. The fraction of sp³-hybridized carbons (Fsp3) is 0.429. The van der Waals surface area contributed by atoms with E-state index in [1.165, 1.54) is 6.08 Å². The molecule has 4 nitrogen and oxygen atoms in total. The minimum absolute atomic E-state index is 0.